The zero-order valence-electron chi connectivity index (χ0n) is 5.75. The lowest BCUT2D eigenvalue weighted by Crippen LogP contribution is -2.39. The summed E-state index contributed by atoms with van der Waals surface area (Å²) in [6.07, 6.45) is 4.53. The molecule has 5 heteroatoms. The van der Waals surface area contributed by atoms with E-state index in [4.69, 9.17) is 5.73 Å². The summed E-state index contributed by atoms with van der Waals surface area (Å²) >= 11 is 0. The summed E-state index contributed by atoms with van der Waals surface area (Å²) in [6.45, 7) is 0. The number of azo groups is 1. The maximum absolute atomic E-state index is 5.62. The average Bonchev–Trinajstić information content (AvgIpc) is 2.06. The van der Waals surface area contributed by atoms with E-state index in [-0.39, 0.29) is 12.2 Å². The topological polar surface area (TPSA) is 75.5 Å². The second-order valence-corrected chi connectivity index (χ2v) is 2.30. The van der Waals surface area contributed by atoms with Gasteiger partial charge in [0.05, 0.1) is 11.9 Å². The Morgan fingerprint density at radius 2 is 2.36 bits per heavy atom. The summed E-state index contributed by atoms with van der Waals surface area (Å²) in [6, 6.07) is -0.176. The number of hydrogen-bond acceptors (Lipinski definition) is 5. The van der Waals surface area contributed by atoms with Crippen molar-refractivity contribution in [2.24, 2.45) is 25.9 Å². The molecule has 5 nitrogen and oxygen atoms in total. The maximum Gasteiger partial charge on any atom is 0.148 e. The molecule has 2 aliphatic heterocycles. The van der Waals surface area contributed by atoms with Crippen LogP contribution in [0.2, 0.25) is 0 Å². The predicted molar refractivity (Wildman–Crippen MR) is 41.7 cm³/mol. The monoisotopic (exact) mass is 149 g/mol. The van der Waals surface area contributed by atoms with Crippen molar-refractivity contribution in [2.45, 2.75) is 12.2 Å². The Bertz CT molecular complexity index is 275. The van der Waals surface area contributed by atoms with Gasteiger partial charge in [0.1, 0.15) is 18.5 Å². The van der Waals surface area contributed by atoms with E-state index in [2.05, 4.69) is 20.2 Å². The molecule has 2 aliphatic rings. The molecule has 11 heavy (non-hydrogen) atoms. The van der Waals surface area contributed by atoms with Gasteiger partial charge in [-0.05, 0) is 6.08 Å². The highest BCUT2D eigenvalue weighted by Gasteiger charge is 2.24. The number of nitrogens with two attached hydrogens (primary N) is 1. The summed E-state index contributed by atoms with van der Waals surface area (Å²) in [5, 5.41) is 7.62. The fourth-order valence-electron chi connectivity index (χ4n) is 0.999. The van der Waals surface area contributed by atoms with Gasteiger partial charge in [0.25, 0.3) is 0 Å². The minimum absolute atomic E-state index is 0.176. The van der Waals surface area contributed by atoms with E-state index in [1.165, 1.54) is 6.34 Å². The van der Waals surface area contributed by atoms with Gasteiger partial charge in [-0.3, -0.25) is 4.99 Å². The molecule has 0 saturated heterocycles. The minimum Gasteiger partial charge on any atom is -0.307 e. The van der Waals surface area contributed by atoms with Crippen LogP contribution in [0.4, 0.5) is 0 Å². The van der Waals surface area contributed by atoms with E-state index >= 15 is 0 Å². The second kappa shape index (κ2) is 2.35. The highest BCUT2D eigenvalue weighted by atomic mass is 15.2. The molecule has 2 atom stereocenters. The van der Waals surface area contributed by atoms with E-state index in [9.17, 15) is 0 Å². The maximum atomic E-state index is 5.62. The first-order valence-corrected chi connectivity index (χ1v) is 3.29. The zero-order chi connectivity index (χ0) is 7.68. The number of nitrogens with zero attached hydrogens (tertiary/aromatic N) is 4. The van der Waals surface area contributed by atoms with Crippen molar-refractivity contribution in [3.8, 4) is 0 Å². The minimum atomic E-state index is -0.323. The first-order valence-electron chi connectivity index (χ1n) is 3.29. The summed E-state index contributed by atoms with van der Waals surface area (Å²) < 4.78 is 0. The molecule has 0 bridgehead atoms. The molecule has 0 spiro atoms. The summed E-state index contributed by atoms with van der Waals surface area (Å²) in [5.41, 5.74) is 6.46. The first-order chi connectivity index (χ1) is 5.38. The summed E-state index contributed by atoms with van der Waals surface area (Å²) in [7, 11) is 0. The largest absolute Gasteiger partial charge is 0.307 e. The van der Waals surface area contributed by atoms with Gasteiger partial charge in [-0.15, -0.1) is 0 Å². The van der Waals surface area contributed by atoms with Gasteiger partial charge >= 0.3 is 0 Å². The lowest BCUT2D eigenvalue weighted by molar-refractivity contribution is 0.623. The summed E-state index contributed by atoms with van der Waals surface area (Å²) in [4.78, 5) is 7.90. The Kier molecular flexibility index (Phi) is 1.36. The Balaban J connectivity index is 2.35. The molecule has 0 fully saturated rings. The van der Waals surface area contributed by atoms with Crippen molar-refractivity contribution in [1.82, 2.24) is 0 Å². The lowest BCUT2D eigenvalue weighted by atomic mass is 10.1. The van der Waals surface area contributed by atoms with E-state index in [1.54, 1.807) is 12.3 Å². The molecule has 2 N–H and O–H groups in total. The van der Waals surface area contributed by atoms with Gasteiger partial charge in [0.2, 0.25) is 0 Å². The molecule has 0 saturated carbocycles. The highest BCUT2D eigenvalue weighted by molar-refractivity contribution is 6.05. The smallest absolute Gasteiger partial charge is 0.148 e. The van der Waals surface area contributed by atoms with Crippen LogP contribution in [0, 0.1) is 0 Å². The molecular formula is C6H7N5. The number of aliphatic imine (C=N–C) groups is 2. The predicted octanol–water partition coefficient (Wildman–Crippen LogP) is 0.102. The van der Waals surface area contributed by atoms with E-state index < -0.39 is 0 Å². The molecule has 2 heterocycles. The third-order valence-corrected chi connectivity index (χ3v) is 1.58. The molecule has 0 amide bonds. The quantitative estimate of drug-likeness (QED) is 0.521. The standard InChI is InChI=1S/C6H7N5/c7-6-5-4(8-3-9-6)1-2-10-11-5/h1-3,5-6H,7H2. The van der Waals surface area contributed by atoms with Gasteiger partial charge in [-0.2, -0.15) is 10.2 Å². The van der Waals surface area contributed by atoms with Gasteiger partial charge in [0, 0.05) is 0 Å². The van der Waals surface area contributed by atoms with Crippen LogP contribution in [0.5, 0.6) is 0 Å². The van der Waals surface area contributed by atoms with Gasteiger partial charge in [-0.1, -0.05) is 0 Å². The van der Waals surface area contributed by atoms with Crippen LogP contribution in [0.1, 0.15) is 0 Å². The third-order valence-electron chi connectivity index (χ3n) is 1.58. The van der Waals surface area contributed by atoms with E-state index in [1.807, 2.05) is 0 Å². The van der Waals surface area contributed by atoms with Crippen LogP contribution < -0.4 is 5.73 Å². The SMILES string of the molecule is NC1N=CN=C2C=CN=NC21. The van der Waals surface area contributed by atoms with Crippen LogP contribution in [0.25, 0.3) is 0 Å². The van der Waals surface area contributed by atoms with Gasteiger partial charge in [0.15, 0.2) is 0 Å². The van der Waals surface area contributed by atoms with E-state index in [0.29, 0.717) is 0 Å². The van der Waals surface area contributed by atoms with Gasteiger partial charge < -0.3 is 5.73 Å². The normalized spacial score (nSPS) is 33.4. The Morgan fingerprint density at radius 3 is 3.18 bits per heavy atom. The second-order valence-electron chi connectivity index (χ2n) is 2.30. The van der Waals surface area contributed by atoms with E-state index in [0.717, 1.165) is 5.71 Å². The third kappa shape index (κ3) is 0.988. The van der Waals surface area contributed by atoms with Crippen molar-refractivity contribution in [2.75, 3.05) is 0 Å². The van der Waals surface area contributed by atoms with Crippen molar-refractivity contribution < 1.29 is 0 Å². The lowest BCUT2D eigenvalue weighted by Gasteiger charge is -2.19. The first kappa shape index (κ1) is 6.36. The van der Waals surface area contributed by atoms with Crippen molar-refractivity contribution in [3.05, 3.63) is 12.3 Å². The fourth-order valence-corrected chi connectivity index (χ4v) is 0.999. The summed E-state index contributed by atoms with van der Waals surface area (Å²) in [5.74, 6) is 0. The molecular weight excluding hydrogens is 142 g/mol. The van der Waals surface area contributed by atoms with Crippen molar-refractivity contribution in [3.63, 3.8) is 0 Å². The Labute approximate surface area is 63.4 Å². The van der Waals surface area contributed by atoms with Crippen LogP contribution in [0.3, 0.4) is 0 Å². The van der Waals surface area contributed by atoms with Gasteiger partial charge in [-0.25, -0.2) is 4.99 Å². The van der Waals surface area contributed by atoms with Crippen molar-refractivity contribution >= 4 is 12.1 Å². The molecule has 0 aromatic heterocycles. The molecule has 0 aromatic carbocycles. The number of rotatable bonds is 0. The van der Waals surface area contributed by atoms with Crippen LogP contribution in [-0.4, -0.2) is 24.3 Å². The Hall–Kier alpha value is -1.36. The fraction of sp³-hybridized carbons (Fsp3) is 0.333. The van der Waals surface area contributed by atoms with Crippen LogP contribution in [0.15, 0.2) is 32.5 Å². The molecule has 0 aromatic rings. The molecule has 0 radical (unpaired) electrons. The van der Waals surface area contributed by atoms with Crippen molar-refractivity contribution in [1.29, 1.82) is 0 Å². The highest BCUT2D eigenvalue weighted by Crippen LogP contribution is 2.11. The van der Waals surface area contributed by atoms with Crippen LogP contribution in [-0.2, 0) is 0 Å². The molecule has 56 valence electrons. The van der Waals surface area contributed by atoms with Crippen LogP contribution >= 0.6 is 0 Å². The average molecular weight is 149 g/mol. The zero-order valence-corrected chi connectivity index (χ0v) is 5.75. The molecule has 2 rings (SSSR count). The Morgan fingerprint density at radius 1 is 1.45 bits per heavy atom. The number of hydrogen-bond donors (Lipinski definition) is 1. The molecule has 0 aliphatic carbocycles. The molecule has 2 unspecified atom stereocenters. The number of fused-ring (bicyclic) bond motifs is 1.